The highest BCUT2D eigenvalue weighted by molar-refractivity contribution is 5.60. The van der Waals surface area contributed by atoms with Crippen LogP contribution in [0.2, 0.25) is 0 Å². The fourth-order valence-corrected chi connectivity index (χ4v) is 1.55. The van der Waals surface area contributed by atoms with Crippen molar-refractivity contribution in [3.63, 3.8) is 0 Å². The third kappa shape index (κ3) is 2.93. The van der Waals surface area contributed by atoms with E-state index in [9.17, 15) is 13.2 Å². The molecule has 0 aliphatic rings. The summed E-state index contributed by atoms with van der Waals surface area (Å²) in [5.74, 6) is -0.321. The molecule has 0 fully saturated rings. The van der Waals surface area contributed by atoms with Gasteiger partial charge in [0.1, 0.15) is 5.82 Å². The van der Waals surface area contributed by atoms with Crippen LogP contribution in [-0.4, -0.2) is 17.0 Å². The highest BCUT2D eigenvalue weighted by atomic mass is 19.4. The van der Waals surface area contributed by atoms with E-state index in [4.69, 9.17) is 5.73 Å². The number of alkyl halides is 3. The van der Waals surface area contributed by atoms with Gasteiger partial charge in [0.05, 0.1) is 0 Å². The van der Waals surface area contributed by atoms with Gasteiger partial charge in [-0.3, -0.25) is 0 Å². The number of anilines is 3. The number of nitrogens with two attached hydrogens (primary N) is 1. The zero-order valence-corrected chi connectivity index (χ0v) is 10.0. The van der Waals surface area contributed by atoms with E-state index in [-0.39, 0.29) is 5.82 Å². The van der Waals surface area contributed by atoms with Gasteiger partial charge >= 0.3 is 6.18 Å². The molecule has 7 heteroatoms. The molecule has 1 heterocycles. The largest absolute Gasteiger partial charge is 0.433 e. The lowest BCUT2D eigenvalue weighted by Gasteiger charge is -2.19. The molecule has 0 bridgehead atoms. The minimum absolute atomic E-state index is 0.0889. The summed E-state index contributed by atoms with van der Waals surface area (Å²) in [6.07, 6.45) is -4.55. The minimum atomic E-state index is -4.55. The van der Waals surface area contributed by atoms with Gasteiger partial charge in [0.25, 0.3) is 0 Å². The molecular formula is C12H11F3N4. The molecular weight excluding hydrogens is 257 g/mol. The van der Waals surface area contributed by atoms with Crippen molar-refractivity contribution in [2.24, 2.45) is 0 Å². The SMILES string of the molecule is CN(c1ccccc1)c1cc(C(F)(F)F)nc(N)n1. The van der Waals surface area contributed by atoms with Gasteiger partial charge in [-0.2, -0.15) is 18.2 Å². The normalized spacial score (nSPS) is 11.4. The molecule has 0 radical (unpaired) electrons. The van der Waals surface area contributed by atoms with Crippen molar-refractivity contribution in [2.45, 2.75) is 6.18 Å². The zero-order chi connectivity index (χ0) is 14.0. The Hall–Kier alpha value is -2.31. The molecule has 0 spiro atoms. The van der Waals surface area contributed by atoms with Crippen molar-refractivity contribution in [1.82, 2.24) is 9.97 Å². The van der Waals surface area contributed by atoms with Crippen LogP contribution in [0.5, 0.6) is 0 Å². The second kappa shape index (κ2) is 4.75. The summed E-state index contributed by atoms with van der Waals surface area (Å²) < 4.78 is 37.9. The molecule has 0 unspecified atom stereocenters. The summed E-state index contributed by atoms with van der Waals surface area (Å²) in [5, 5.41) is 0. The van der Waals surface area contributed by atoms with Crippen molar-refractivity contribution < 1.29 is 13.2 Å². The number of nitrogen functional groups attached to an aromatic ring is 1. The zero-order valence-electron chi connectivity index (χ0n) is 10.0. The predicted molar refractivity (Wildman–Crippen MR) is 66.0 cm³/mol. The van der Waals surface area contributed by atoms with Gasteiger partial charge < -0.3 is 10.6 Å². The molecule has 1 aromatic carbocycles. The number of nitrogens with zero attached hydrogens (tertiary/aromatic N) is 3. The smallest absolute Gasteiger partial charge is 0.368 e. The fourth-order valence-electron chi connectivity index (χ4n) is 1.55. The number of benzene rings is 1. The first-order valence-corrected chi connectivity index (χ1v) is 5.38. The Morgan fingerprint density at radius 1 is 1.11 bits per heavy atom. The summed E-state index contributed by atoms with van der Waals surface area (Å²) in [4.78, 5) is 8.52. The molecule has 0 saturated heterocycles. The monoisotopic (exact) mass is 268 g/mol. The Morgan fingerprint density at radius 2 is 1.74 bits per heavy atom. The number of hydrogen-bond donors (Lipinski definition) is 1. The lowest BCUT2D eigenvalue weighted by Crippen LogP contribution is -2.16. The maximum atomic E-state index is 12.6. The quantitative estimate of drug-likeness (QED) is 0.910. The van der Waals surface area contributed by atoms with Crippen molar-refractivity contribution in [3.05, 3.63) is 42.1 Å². The van der Waals surface area contributed by atoms with Gasteiger partial charge in [-0.15, -0.1) is 0 Å². The fraction of sp³-hybridized carbons (Fsp3) is 0.167. The molecule has 2 rings (SSSR count). The molecule has 2 N–H and O–H groups in total. The minimum Gasteiger partial charge on any atom is -0.368 e. The van der Waals surface area contributed by atoms with E-state index in [1.54, 1.807) is 31.3 Å². The lowest BCUT2D eigenvalue weighted by atomic mass is 10.3. The van der Waals surface area contributed by atoms with Crippen LogP contribution in [0.1, 0.15) is 5.69 Å². The van der Waals surface area contributed by atoms with E-state index >= 15 is 0 Å². The predicted octanol–water partition coefficient (Wildman–Crippen LogP) is 2.85. The summed E-state index contributed by atoms with van der Waals surface area (Å²) >= 11 is 0. The van der Waals surface area contributed by atoms with Gasteiger partial charge in [-0.05, 0) is 12.1 Å². The Morgan fingerprint density at radius 3 is 2.32 bits per heavy atom. The van der Waals surface area contributed by atoms with Gasteiger partial charge in [0.15, 0.2) is 5.69 Å². The third-order valence-corrected chi connectivity index (χ3v) is 2.51. The molecule has 1 aromatic heterocycles. The molecule has 0 saturated carbocycles. The summed E-state index contributed by atoms with van der Waals surface area (Å²) in [6.45, 7) is 0. The lowest BCUT2D eigenvalue weighted by molar-refractivity contribution is -0.141. The number of hydrogen-bond acceptors (Lipinski definition) is 4. The van der Waals surface area contributed by atoms with Crippen molar-refractivity contribution in [1.29, 1.82) is 0 Å². The van der Waals surface area contributed by atoms with Crippen LogP contribution < -0.4 is 10.6 Å². The highest BCUT2D eigenvalue weighted by Crippen LogP contribution is 2.31. The van der Waals surface area contributed by atoms with Crippen LogP contribution in [0.15, 0.2) is 36.4 Å². The van der Waals surface area contributed by atoms with Gasteiger partial charge in [-0.25, -0.2) is 4.98 Å². The molecule has 2 aromatic rings. The number of para-hydroxylation sites is 1. The van der Waals surface area contributed by atoms with Crippen LogP contribution >= 0.6 is 0 Å². The molecule has 19 heavy (non-hydrogen) atoms. The van der Waals surface area contributed by atoms with E-state index in [0.29, 0.717) is 5.69 Å². The molecule has 4 nitrogen and oxygen atoms in total. The average Bonchev–Trinajstić information content (AvgIpc) is 2.37. The number of rotatable bonds is 2. The first kappa shape index (κ1) is 13.1. The topological polar surface area (TPSA) is 55.0 Å². The summed E-state index contributed by atoms with van der Waals surface area (Å²) in [7, 11) is 1.61. The second-order valence-electron chi connectivity index (χ2n) is 3.86. The van der Waals surface area contributed by atoms with Crippen LogP contribution in [-0.2, 0) is 6.18 Å². The van der Waals surface area contributed by atoms with Crippen LogP contribution in [0.3, 0.4) is 0 Å². The Balaban J connectivity index is 2.43. The van der Waals surface area contributed by atoms with Crippen LogP contribution in [0.4, 0.5) is 30.6 Å². The number of aromatic nitrogens is 2. The van der Waals surface area contributed by atoms with E-state index in [1.165, 1.54) is 4.90 Å². The van der Waals surface area contributed by atoms with E-state index in [2.05, 4.69) is 9.97 Å². The molecule has 100 valence electrons. The van der Waals surface area contributed by atoms with Crippen molar-refractivity contribution in [3.8, 4) is 0 Å². The Kier molecular flexibility index (Phi) is 3.28. The molecule has 0 atom stereocenters. The van der Waals surface area contributed by atoms with Gasteiger partial charge in [-0.1, -0.05) is 18.2 Å². The maximum Gasteiger partial charge on any atom is 0.433 e. The summed E-state index contributed by atoms with van der Waals surface area (Å²) in [5.41, 5.74) is 4.97. The third-order valence-electron chi connectivity index (χ3n) is 2.51. The first-order chi connectivity index (χ1) is 8.88. The molecule has 0 aliphatic heterocycles. The standard InChI is InChI=1S/C12H11F3N4/c1-19(8-5-3-2-4-6-8)10-7-9(12(13,14)15)17-11(16)18-10/h2-7H,1H3,(H2,16,17,18). The highest BCUT2D eigenvalue weighted by Gasteiger charge is 2.33. The second-order valence-corrected chi connectivity index (χ2v) is 3.86. The first-order valence-electron chi connectivity index (χ1n) is 5.38. The van der Waals surface area contributed by atoms with Crippen LogP contribution in [0, 0.1) is 0 Å². The summed E-state index contributed by atoms with van der Waals surface area (Å²) in [6, 6.07) is 9.75. The van der Waals surface area contributed by atoms with Gasteiger partial charge in [0, 0.05) is 18.8 Å². The van der Waals surface area contributed by atoms with Gasteiger partial charge in [0.2, 0.25) is 5.95 Å². The van der Waals surface area contributed by atoms with E-state index < -0.39 is 17.8 Å². The molecule has 0 amide bonds. The van der Waals surface area contributed by atoms with E-state index in [1.807, 2.05) is 6.07 Å². The Bertz CT molecular complexity index is 569. The average molecular weight is 268 g/mol. The number of halogens is 3. The van der Waals surface area contributed by atoms with Crippen molar-refractivity contribution in [2.75, 3.05) is 17.7 Å². The van der Waals surface area contributed by atoms with Crippen LogP contribution in [0.25, 0.3) is 0 Å². The maximum absolute atomic E-state index is 12.6. The van der Waals surface area contributed by atoms with E-state index in [0.717, 1.165) is 6.07 Å². The van der Waals surface area contributed by atoms with Crippen molar-refractivity contribution >= 4 is 17.5 Å². The Labute approximate surface area is 107 Å². The molecule has 0 aliphatic carbocycles.